The largest absolute Gasteiger partial charge is 0.486 e. The first-order chi connectivity index (χ1) is 20.0. The van der Waals surface area contributed by atoms with E-state index >= 15 is 0 Å². The molecule has 0 bridgehead atoms. The Morgan fingerprint density at radius 2 is 1.50 bits per heavy atom. The fourth-order valence-corrected chi connectivity index (χ4v) is 4.92. The van der Waals surface area contributed by atoms with E-state index in [0.717, 1.165) is 33.3 Å². The third-order valence-corrected chi connectivity index (χ3v) is 6.99. The van der Waals surface area contributed by atoms with Gasteiger partial charge in [0.15, 0.2) is 0 Å². The molecule has 0 atom stereocenters. The van der Waals surface area contributed by atoms with Gasteiger partial charge in [-0.25, -0.2) is 9.37 Å². The van der Waals surface area contributed by atoms with Crippen LogP contribution in [0.15, 0.2) is 108 Å². The molecule has 0 spiro atoms. The number of benzene rings is 3. The van der Waals surface area contributed by atoms with Gasteiger partial charge in [0.25, 0.3) is 0 Å². The van der Waals surface area contributed by atoms with E-state index in [1.165, 1.54) is 17.3 Å². The molecule has 0 aliphatic rings. The fraction of sp³-hybridized carbons (Fsp3) is 0.0833. The molecule has 7 aromatic rings. The van der Waals surface area contributed by atoms with E-state index in [4.69, 9.17) is 9.40 Å². The number of hydrogen-bond donors (Lipinski definition) is 0. The summed E-state index contributed by atoms with van der Waals surface area (Å²) < 4.78 is 19.8. The van der Waals surface area contributed by atoms with Crippen LogP contribution in [0.25, 0.3) is 55.8 Å². The van der Waals surface area contributed by atoms with E-state index < -0.39 is 0 Å². The monoisotopic (exact) mass is 728 g/mol. The van der Waals surface area contributed by atoms with Crippen LogP contribution in [-0.2, 0) is 20.1 Å². The molecule has 4 heterocycles. The van der Waals surface area contributed by atoms with Crippen molar-refractivity contribution in [1.29, 1.82) is 0 Å². The number of hydrogen-bond acceptors (Lipinski definition) is 4. The average molecular weight is 728 g/mol. The van der Waals surface area contributed by atoms with Crippen LogP contribution < -0.4 is 0 Å². The fourth-order valence-electron chi connectivity index (χ4n) is 4.92. The molecular formula is C36H26FIrN3O-2. The van der Waals surface area contributed by atoms with E-state index in [9.17, 15) is 4.39 Å². The van der Waals surface area contributed by atoms with Gasteiger partial charge in [0.2, 0.25) is 5.71 Å². The zero-order chi connectivity index (χ0) is 28.3. The van der Waals surface area contributed by atoms with E-state index in [0.29, 0.717) is 28.1 Å². The maximum Gasteiger partial charge on any atom is 0.216 e. The van der Waals surface area contributed by atoms with Gasteiger partial charge in [-0.1, -0.05) is 47.3 Å². The molecule has 1 radical (unpaired) electrons. The summed E-state index contributed by atoms with van der Waals surface area (Å²) in [5.74, 6) is -0.328. The summed E-state index contributed by atoms with van der Waals surface area (Å²) >= 11 is 0. The van der Waals surface area contributed by atoms with Crippen molar-refractivity contribution in [2.75, 3.05) is 0 Å². The summed E-state index contributed by atoms with van der Waals surface area (Å²) in [6, 6.07) is 35.8. The first kappa shape index (κ1) is 29.0. The topological polar surface area (TPSA) is 51.8 Å². The quantitative estimate of drug-likeness (QED) is 0.171. The Kier molecular flexibility index (Phi) is 8.67. The number of rotatable bonds is 3. The van der Waals surface area contributed by atoms with Gasteiger partial charge in [0, 0.05) is 37.3 Å². The Morgan fingerprint density at radius 1 is 0.690 bits per heavy atom. The van der Waals surface area contributed by atoms with Crippen LogP contribution in [-0.4, -0.2) is 15.0 Å². The summed E-state index contributed by atoms with van der Waals surface area (Å²) in [4.78, 5) is 13.3. The van der Waals surface area contributed by atoms with Crippen molar-refractivity contribution in [3.8, 4) is 33.8 Å². The van der Waals surface area contributed by atoms with Crippen LogP contribution in [0.5, 0.6) is 0 Å². The molecule has 7 rings (SSSR count). The van der Waals surface area contributed by atoms with E-state index in [2.05, 4.69) is 48.1 Å². The smallest absolute Gasteiger partial charge is 0.216 e. The van der Waals surface area contributed by atoms with Crippen molar-refractivity contribution in [3.63, 3.8) is 0 Å². The molecule has 0 unspecified atom stereocenters. The van der Waals surface area contributed by atoms with Crippen LogP contribution in [0, 0.1) is 38.7 Å². The second-order valence-corrected chi connectivity index (χ2v) is 9.82. The zero-order valence-corrected chi connectivity index (χ0v) is 25.7. The van der Waals surface area contributed by atoms with E-state index in [1.807, 2.05) is 72.8 Å². The SMILES string of the molecule is Cc1cc(-c2[c-]ccc3c2oc2nc(-c4c(C)cccc4C)ccc23)ncc1F.[Ir].[c-]1ccccc1-c1ccccn1. The van der Waals surface area contributed by atoms with Gasteiger partial charge >= 0.3 is 0 Å². The van der Waals surface area contributed by atoms with Crippen LogP contribution in [0.4, 0.5) is 4.39 Å². The minimum absolute atomic E-state index is 0. The normalized spacial score (nSPS) is 10.7. The number of pyridine rings is 3. The van der Waals surface area contributed by atoms with Crippen molar-refractivity contribution in [2.24, 2.45) is 0 Å². The third kappa shape index (κ3) is 5.78. The van der Waals surface area contributed by atoms with Gasteiger partial charge in [-0.3, -0.25) is 0 Å². The summed E-state index contributed by atoms with van der Waals surface area (Å²) in [6.45, 7) is 5.89. The first-order valence-corrected chi connectivity index (χ1v) is 13.3. The van der Waals surface area contributed by atoms with Crippen molar-refractivity contribution in [2.45, 2.75) is 20.8 Å². The maximum atomic E-state index is 13.7. The molecule has 0 amide bonds. The minimum atomic E-state index is -0.328. The predicted octanol–water partition coefficient (Wildman–Crippen LogP) is 9.12. The predicted molar refractivity (Wildman–Crippen MR) is 162 cm³/mol. The molecule has 209 valence electrons. The average Bonchev–Trinajstić information content (AvgIpc) is 3.38. The van der Waals surface area contributed by atoms with Gasteiger partial charge in [-0.2, -0.15) is 0 Å². The summed E-state index contributed by atoms with van der Waals surface area (Å²) in [5, 5.41) is 1.88. The standard InChI is InChI=1S/C25H18FN2O.C11H8N.Ir/c1-14-6-4-7-15(2)23(14)21-11-10-18-17-8-5-9-19(24(17)29-25(18)28-21)22-12-16(3)20(26)13-27-22;1-2-6-10(7-3-1)11-8-4-5-9-12-11;/h4-8,10-13H,1-3H3;1-6,8-9H;/q2*-1;. The Hall–Kier alpha value is -4.51. The molecule has 0 aliphatic heterocycles. The first-order valence-electron chi connectivity index (χ1n) is 13.3. The molecule has 3 aromatic carbocycles. The minimum Gasteiger partial charge on any atom is -0.486 e. The van der Waals surface area contributed by atoms with Crippen LogP contribution in [0.2, 0.25) is 0 Å². The number of aryl methyl sites for hydroxylation is 3. The molecular weight excluding hydrogens is 702 g/mol. The number of fused-ring (bicyclic) bond motifs is 3. The van der Waals surface area contributed by atoms with Crippen molar-refractivity contribution in [3.05, 3.63) is 138 Å². The van der Waals surface area contributed by atoms with Crippen molar-refractivity contribution < 1.29 is 28.9 Å². The molecule has 4 nitrogen and oxygen atoms in total. The number of halogens is 1. The van der Waals surface area contributed by atoms with Crippen LogP contribution in [0.3, 0.4) is 0 Å². The summed E-state index contributed by atoms with van der Waals surface area (Å²) in [6.07, 6.45) is 3.02. The molecule has 0 N–H and O–H groups in total. The van der Waals surface area contributed by atoms with Gasteiger partial charge in [0.1, 0.15) is 5.82 Å². The third-order valence-electron chi connectivity index (χ3n) is 6.99. The van der Waals surface area contributed by atoms with Crippen molar-refractivity contribution >= 4 is 22.1 Å². The summed E-state index contributed by atoms with van der Waals surface area (Å²) in [5.41, 5.74) is 9.46. The Morgan fingerprint density at radius 3 is 2.21 bits per heavy atom. The molecule has 4 aromatic heterocycles. The number of furan rings is 1. The van der Waals surface area contributed by atoms with Crippen LogP contribution >= 0.6 is 0 Å². The van der Waals surface area contributed by atoms with Gasteiger partial charge in [-0.15, -0.1) is 54.1 Å². The molecule has 0 saturated carbocycles. The van der Waals surface area contributed by atoms with Gasteiger partial charge in [-0.05, 0) is 67.0 Å². The number of nitrogens with zero attached hydrogens (tertiary/aromatic N) is 3. The Labute approximate surface area is 257 Å². The second-order valence-electron chi connectivity index (χ2n) is 9.82. The maximum absolute atomic E-state index is 13.7. The van der Waals surface area contributed by atoms with Crippen LogP contribution in [0.1, 0.15) is 16.7 Å². The Balaban J connectivity index is 0.000000228. The molecule has 0 saturated heterocycles. The second kappa shape index (κ2) is 12.6. The Bertz CT molecular complexity index is 1930. The molecule has 0 fully saturated rings. The molecule has 0 aliphatic carbocycles. The molecule has 42 heavy (non-hydrogen) atoms. The van der Waals surface area contributed by atoms with E-state index in [1.54, 1.807) is 19.2 Å². The van der Waals surface area contributed by atoms with Crippen molar-refractivity contribution in [1.82, 2.24) is 15.0 Å². The van der Waals surface area contributed by atoms with Gasteiger partial charge < -0.3 is 14.4 Å². The molecule has 6 heteroatoms. The van der Waals surface area contributed by atoms with E-state index in [-0.39, 0.29) is 25.9 Å². The zero-order valence-electron chi connectivity index (χ0n) is 23.3. The van der Waals surface area contributed by atoms with Gasteiger partial charge in [0.05, 0.1) is 17.5 Å². The number of aromatic nitrogens is 3. The summed E-state index contributed by atoms with van der Waals surface area (Å²) in [7, 11) is 0.